The molecule has 5 N–H and O–H groups in total. The molecule has 208 valence electrons. The van der Waals surface area contributed by atoms with E-state index < -0.39 is 47.3 Å². The molecule has 1 aromatic carbocycles. The van der Waals surface area contributed by atoms with Crippen LogP contribution in [-0.2, 0) is 20.7 Å². The van der Waals surface area contributed by atoms with Gasteiger partial charge in [-0.15, -0.1) is 23.4 Å². The standard InChI is InChI=1S/C26H38ClFN2O6S/c1-13(27)18(24-21(32)20(31)22(33)26(36-24)37-2)30-25(34)19-23-16(12-29-19)10-15(8-9-35-23)7-6-14-4-3-5-17(28)11-14/h3-5,11,13,15-16,18-24,26,29,31-33H,6-10,12H2,1-2H3,(H,30,34)/t13-,15-,16-,18+,19-,20?,21?,22+,23+,24+,26?/m0/s1. The van der Waals surface area contributed by atoms with Gasteiger partial charge in [-0.2, -0.15) is 0 Å². The van der Waals surface area contributed by atoms with E-state index >= 15 is 0 Å². The molecule has 1 aromatic rings. The Labute approximate surface area is 226 Å². The summed E-state index contributed by atoms with van der Waals surface area (Å²) < 4.78 is 25.5. The summed E-state index contributed by atoms with van der Waals surface area (Å²) >= 11 is 7.62. The molecule has 3 heterocycles. The molecule has 3 aliphatic rings. The maximum absolute atomic E-state index is 13.5. The zero-order valence-electron chi connectivity index (χ0n) is 21.1. The first-order chi connectivity index (χ1) is 17.7. The van der Waals surface area contributed by atoms with Gasteiger partial charge >= 0.3 is 0 Å². The lowest BCUT2D eigenvalue weighted by atomic mass is 9.86. The lowest BCUT2D eigenvalue weighted by Gasteiger charge is -2.44. The highest BCUT2D eigenvalue weighted by Gasteiger charge is 2.49. The summed E-state index contributed by atoms with van der Waals surface area (Å²) in [6.45, 7) is 2.87. The number of alkyl halides is 1. The summed E-state index contributed by atoms with van der Waals surface area (Å²) in [5.41, 5.74) is 0.222. The molecule has 3 unspecified atom stereocenters. The molecule has 8 nitrogen and oxygen atoms in total. The van der Waals surface area contributed by atoms with E-state index in [4.69, 9.17) is 21.1 Å². The zero-order chi connectivity index (χ0) is 26.7. The molecule has 11 atom stereocenters. The topological polar surface area (TPSA) is 120 Å². The minimum atomic E-state index is -1.42. The summed E-state index contributed by atoms with van der Waals surface area (Å²) in [5, 5.41) is 36.7. The van der Waals surface area contributed by atoms with Gasteiger partial charge < -0.3 is 35.4 Å². The van der Waals surface area contributed by atoms with E-state index in [1.54, 1.807) is 25.3 Å². The third-order valence-corrected chi connectivity index (χ3v) is 9.00. The van der Waals surface area contributed by atoms with Crippen molar-refractivity contribution in [3.05, 3.63) is 35.6 Å². The predicted octanol–water partition coefficient (Wildman–Crippen LogP) is 1.42. The van der Waals surface area contributed by atoms with Gasteiger partial charge in [0.15, 0.2) is 0 Å². The molecule has 4 rings (SSSR count). The lowest BCUT2D eigenvalue weighted by molar-refractivity contribution is -0.205. The summed E-state index contributed by atoms with van der Waals surface area (Å²) in [4.78, 5) is 13.4. The van der Waals surface area contributed by atoms with E-state index in [-0.39, 0.29) is 23.7 Å². The van der Waals surface area contributed by atoms with Crippen LogP contribution in [0.1, 0.15) is 31.7 Å². The number of carbonyl (C=O) groups excluding carboxylic acids is 1. The Balaban J connectivity index is 1.37. The normalized spacial score (nSPS) is 37.9. The van der Waals surface area contributed by atoms with Gasteiger partial charge in [0.1, 0.15) is 41.7 Å². The van der Waals surface area contributed by atoms with Crippen LogP contribution in [0.15, 0.2) is 24.3 Å². The number of rotatable bonds is 8. The van der Waals surface area contributed by atoms with Crippen molar-refractivity contribution in [2.45, 2.75) is 86.0 Å². The van der Waals surface area contributed by atoms with Crippen molar-refractivity contribution in [3.63, 3.8) is 0 Å². The SMILES string of the molecule is CSC1O[C@H]([C@H](NC(=O)[C@H]2NC[C@@H]3C[C@@H](CCc4cccc(F)c4)CCO[C@H]32)[C@H](C)Cl)C(O)C(O)[C@H]1O. The number of benzene rings is 1. The van der Waals surface area contributed by atoms with Crippen molar-refractivity contribution in [2.24, 2.45) is 11.8 Å². The van der Waals surface area contributed by atoms with Gasteiger partial charge in [-0.05, 0) is 68.4 Å². The van der Waals surface area contributed by atoms with E-state index in [1.165, 1.54) is 17.8 Å². The number of nitrogens with one attached hydrogen (secondary N) is 2. The summed E-state index contributed by atoms with van der Waals surface area (Å²) in [6.07, 6.45) is -0.128. The maximum atomic E-state index is 13.5. The largest absolute Gasteiger partial charge is 0.388 e. The van der Waals surface area contributed by atoms with Crippen LogP contribution < -0.4 is 10.6 Å². The monoisotopic (exact) mass is 560 g/mol. The molecule has 3 fully saturated rings. The number of fused-ring (bicyclic) bond motifs is 1. The van der Waals surface area contributed by atoms with E-state index in [1.807, 2.05) is 6.07 Å². The van der Waals surface area contributed by atoms with Crippen LogP contribution in [0.2, 0.25) is 0 Å². The van der Waals surface area contributed by atoms with Crippen LogP contribution in [0.25, 0.3) is 0 Å². The zero-order valence-corrected chi connectivity index (χ0v) is 22.7. The van der Waals surface area contributed by atoms with Gasteiger partial charge in [-0.3, -0.25) is 4.79 Å². The van der Waals surface area contributed by atoms with E-state index in [9.17, 15) is 24.5 Å². The number of thioether (sulfide) groups is 1. The minimum absolute atomic E-state index is 0.164. The molecule has 3 saturated heterocycles. The van der Waals surface area contributed by atoms with Crippen LogP contribution in [0.3, 0.4) is 0 Å². The van der Waals surface area contributed by atoms with E-state index in [0.717, 1.165) is 31.2 Å². The van der Waals surface area contributed by atoms with Crippen LogP contribution in [0.5, 0.6) is 0 Å². The average Bonchev–Trinajstić information content (AvgIpc) is 3.15. The van der Waals surface area contributed by atoms with Crippen molar-refractivity contribution in [3.8, 4) is 0 Å². The number of halogens is 2. The average molecular weight is 561 g/mol. The van der Waals surface area contributed by atoms with Gasteiger partial charge in [0.2, 0.25) is 5.91 Å². The van der Waals surface area contributed by atoms with Gasteiger partial charge in [0.25, 0.3) is 0 Å². The first-order valence-corrected chi connectivity index (χ1v) is 14.7. The highest BCUT2D eigenvalue weighted by Crippen LogP contribution is 2.34. The van der Waals surface area contributed by atoms with Crippen molar-refractivity contribution >= 4 is 29.3 Å². The Morgan fingerprint density at radius 1 is 1.30 bits per heavy atom. The number of hydrogen-bond donors (Lipinski definition) is 5. The summed E-state index contributed by atoms with van der Waals surface area (Å²) in [7, 11) is 0. The van der Waals surface area contributed by atoms with E-state index in [2.05, 4.69) is 10.6 Å². The highest BCUT2D eigenvalue weighted by atomic mass is 35.5. The number of ether oxygens (including phenoxy) is 2. The first-order valence-electron chi connectivity index (χ1n) is 13.0. The van der Waals surface area contributed by atoms with Crippen LogP contribution in [0, 0.1) is 17.7 Å². The smallest absolute Gasteiger partial charge is 0.240 e. The molecule has 0 aromatic heterocycles. The van der Waals surface area contributed by atoms with E-state index in [0.29, 0.717) is 19.1 Å². The number of hydrogen-bond acceptors (Lipinski definition) is 8. The van der Waals surface area contributed by atoms with Crippen molar-refractivity contribution in [1.82, 2.24) is 10.6 Å². The molecule has 0 radical (unpaired) electrons. The van der Waals surface area contributed by atoms with Crippen LogP contribution in [-0.4, -0.2) is 94.1 Å². The second-order valence-electron chi connectivity index (χ2n) is 10.4. The van der Waals surface area contributed by atoms with Crippen molar-refractivity contribution in [2.75, 3.05) is 19.4 Å². The number of aliphatic hydroxyl groups excluding tert-OH is 3. The Hall–Kier alpha value is -0.980. The summed E-state index contributed by atoms with van der Waals surface area (Å²) in [5.74, 6) is 0.0537. The molecule has 11 heteroatoms. The number of carbonyl (C=O) groups is 1. The Morgan fingerprint density at radius 3 is 2.78 bits per heavy atom. The molecule has 0 spiro atoms. The van der Waals surface area contributed by atoms with Crippen molar-refractivity contribution < 1.29 is 34.0 Å². The second kappa shape index (κ2) is 12.9. The minimum Gasteiger partial charge on any atom is -0.388 e. The molecule has 0 aliphatic carbocycles. The van der Waals surface area contributed by atoms with Crippen LogP contribution >= 0.6 is 23.4 Å². The second-order valence-corrected chi connectivity index (χ2v) is 12.1. The third-order valence-electron chi connectivity index (χ3n) is 7.87. The Morgan fingerprint density at radius 2 is 2.08 bits per heavy atom. The third kappa shape index (κ3) is 6.78. The van der Waals surface area contributed by atoms with Gasteiger partial charge in [-0.1, -0.05) is 12.1 Å². The number of amides is 1. The fraction of sp³-hybridized carbons (Fsp3) is 0.731. The molecule has 1 amide bonds. The number of aryl methyl sites for hydroxylation is 1. The van der Waals surface area contributed by atoms with Gasteiger partial charge in [0, 0.05) is 13.2 Å². The fourth-order valence-electron chi connectivity index (χ4n) is 5.79. The lowest BCUT2D eigenvalue weighted by Crippen LogP contribution is -2.65. The van der Waals surface area contributed by atoms with Crippen LogP contribution in [0.4, 0.5) is 4.39 Å². The van der Waals surface area contributed by atoms with Gasteiger partial charge in [0.05, 0.1) is 17.5 Å². The fourth-order valence-corrected chi connectivity index (χ4v) is 6.68. The predicted molar refractivity (Wildman–Crippen MR) is 140 cm³/mol. The molecule has 3 aliphatic heterocycles. The maximum Gasteiger partial charge on any atom is 0.240 e. The summed E-state index contributed by atoms with van der Waals surface area (Å²) in [6, 6.07) is 5.32. The van der Waals surface area contributed by atoms with Gasteiger partial charge in [-0.25, -0.2) is 4.39 Å². The molecular formula is C26H38ClFN2O6S. The highest BCUT2D eigenvalue weighted by molar-refractivity contribution is 7.99. The molecular weight excluding hydrogens is 523 g/mol. The van der Waals surface area contributed by atoms with Crippen molar-refractivity contribution in [1.29, 1.82) is 0 Å². The number of aliphatic hydroxyl groups is 3. The molecule has 0 bridgehead atoms. The first kappa shape index (κ1) is 29.0. The Kier molecular flexibility index (Phi) is 10.1. The molecule has 37 heavy (non-hydrogen) atoms. The molecule has 0 saturated carbocycles. The quantitative estimate of drug-likeness (QED) is 0.303. The Bertz CT molecular complexity index is 914.